The van der Waals surface area contributed by atoms with E-state index in [1.807, 2.05) is 48.5 Å². The molecule has 4 aromatic rings. The van der Waals surface area contributed by atoms with Crippen molar-refractivity contribution in [1.29, 1.82) is 0 Å². The molecular weight excluding hydrogens is 336 g/mol. The maximum atomic E-state index is 9.65. The highest BCUT2D eigenvalue weighted by atomic mass is 16.3. The summed E-state index contributed by atoms with van der Waals surface area (Å²) in [5.41, 5.74) is 2.87. The van der Waals surface area contributed by atoms with Gasteiger partial charge in [-0.1, -0.05) is 48.5 Å². The summed E-state index contributed by atoms with van der Waals surface area (Å²) >= 11 is 0. The number of rotatable bonds is 6. The normalized spacial score (nSPS) is 10.7. The van der Waals surface area contributed by atoms with E-state index in [1.54, 1.807) is 18.2 Å². The lowest BCUT2D eigenvalue weighted by Crippen LogP contribution is -2.09. The van der Waals surface area contributed by atoms with Crippen molar-refractivity contribution in [3.05, 3.63) is 84.4 Å². The Morgan fingerprint density at radius 3 is 2.48 bits per heavy atom. The van der Waals surface area contributed by atoms with Crippen LogP contribution in [0.5, 0.6) is 5.75 Å². The first-order valence-electron chi connectivity index (χ1n) is 8.88. The summed E-state index contributed by atoms with van der Waals surface area (Å²) in [6, 6.07) is 25.2. The van der Waals surface area contributed by atoms with Crippen LogP contribution in [0.25, 0.3) is 10.9 Å². The zero-order valence-electron chi connectivity index (χ0n) is 14.8. The second kappa shape index (κ2) is 7.74. The van der Waals surface area contributed by atoms with Crippen LogP contribution in [0.1, 0.15) is 5.56 Å². The highest BCUT2D eigenvalue weighted by Crippen LogP contribution is 2.24. The molecule has 0 saturated carbocycles. The monoisotopic (exact) mass is 356 g/mol. The molecule has 0 aliphatic rings. The lowest BCUT2D eigenvalue weighted by Gasteiger charge is -2.12. The Bertz CT molecular complexity index is 1050. The molecule has 0 saturated heterocycles. The van der Waals surface area contributed by atoms with E-state index in [0.29, 0.717) is 5.95 Å². The Labute approximate surface area is 157 Å². The maximum Gasteiger partial charge on any atom is 0.229 e. The molecule has 0 aliphatic heterocycles. The molecule has 0 bridgehead atoms. The Morgan fingerprint density at radius 2 is 1.63 bits per heavy atom. The molecule has 3 N–H and O–H groups in total. The summed E-state index contributed by atoms with van der Waals surface area (Å²) in [4.78, 5) is 9.23. The first-order chi connectivity index (χ1) is 13.3. The molecule has 0 fully saturated rings. The minimum atomic E-state index is 0.196. The molecule has 0 amide bonds. The van der Waals surface area contributed by atoms with Gasteiger partial charge in [0.2, 0.25) is 5.95 Å². The molecule has 5 heteroatoms. The molecule has 4 rings (SSSR count). The third-order valence-corrected chi connectivity index (χ3v) is 4.25. The third-order valence-electron chi connectivity index (χ3n) is 4.25. The van der Waals surface area contributed by atoms with E-state index < -0.39 is 0 Å². The number of nitrogens with one attached hydrogen (secondary N) is 2. The number of anilines is 3. The van der Waals surface area contributed by atoms with Gasteiger partial charge in [-0.05, 0) is 36.2 Å². The fraction of sp³-hybridized carbons (Fsp3) is 0.0909. The van der Waals surface area contributed by atoms with Crippen LogP contribution in [0.4, 0.5) is 17.5 Å². The summed E-state index contributed by atoms with van der Waals surface area (Å²) in [7, 11) is 0. The van der Waals surface area contributed by atoms with Crippen LogP contribution in [0.15, 0.2) is 78.9 Å². The highest BCUT2D eigenvalue weighted by molar-refractivity contribution is 5.90. The number of aromatic nitrogens is 2. The number of nitrogens with zero attached hydrogens (tertiary/aromatic N) is 2. The van der Waals surface area contributed by atoms with Crippen molar-refractivity contribution in [3.8, 4) is 5.75 Å². The smallest absolute Gasteiger partial charge is 0.229 e. The minimum absolute atomic E-state index is 0.196. The lowest BCUT2D eigenvalue weighted by molar-refractivity contribution is 0.475. The number of hydrogen-bond acceptors (Lipinski definition) is 5. The summed E-state index contributed by atoms with van der Waals surface area (Å²) in [6.07, 6.45) is 0.911. The average Bonchev–Trinajstić information content (AvgIpc) is 2.69. The number of phenolic OH excluding ortho intramolecular Hbond substituents is 1. The van der Waals surface area contributed by atoms with Gasteiger partial charge >= 0.3 is 0 Å². The fourth-order valence-corrected chi connectivity index (χ4v) is 2.95. The first kappa shape index (κ1) is 16.8. The Kier molecular flexibility index (Phi) is 4.83. The van der Waals surface area contributed by atoms with E-state index in [9.17, 15) is 5.11 Å². The van der Waals surface area contributed by atoms with E-state index in [-0.39, 0.29) is 5.75 Å². The molecular formula is C22H20N4O. The molecule has 3 aromatic carbocycles. The van der Waals surface area contributed by atoms with Gasteiger partial charge in [0.25, 0.3) is 0 Å². The fourth-order valence-electron chi connectivity index (χ4n) is 2.95. The average molecular weight is 356 g/mol. The standard InChI is InChI=1S/C22H20N4O/c27-18-10-6-9-17(15-18)24-22-25-20-12-5-4-11-19(20)21(26-22)23-14-13-16-7-2-1-3-8-16/h1-12,15,27H,13-14H2,(H2,23,24,25,26). The molecule has 1 aromatic heterocycles. The van der Waals surface area contributed by atoms with Gasteiger partial charge in [-0.3, -0.25) is 0 Å². The predicted molar refractivity (Wildman–Crippen MR) is 110 cm³/mol. The van der Waals surface area contributed by atoms with Crippen LogP contribution in [-0.2, 0) is 6.42 Å². The summed E-state index contributed by atoms with van der Waals surface area (Å²) in [5, 5.41) is 17.2. The minimum Gasteiger partial charge on any atom is -0.508 e. The second-order valence-corrected chi connectivity index (χ2v) is 6.25. The van der Waals surface area contributed by atoms with Gasteiger partial charge in [0.05, 0.1) is 5.52 Å². The Hall–Kier alpha value is -3.60. The van der Waals surface area contributed by atoms with E-state index in [2.05, 4.69) is 32.7 Å². The first-order valence-corrected chi connectivity index (χ1v) is 8.88. The number of hydrogen-bond donors (Lipinski definition) is 3. The molecule has 0 spiro atoms. The summed E-state index contributed by atoms with van der Waals surface area (Å²) in [6.45, 7) is 0.774. The maximum absolute atomic E-state index is 9.65. The molecule has 0 aliphatic carbocycles. The SMILES string of the molecule is Oc1cccc(Nc2nc(NCCc3ccccc3)c3ccccc3n2)c1. The van der Waals surface area contributed by atoms with Gasteiger partial charge in [0, 0.05) is 23.7 Å². The molecule has 27 heavy (non-hydrogen) atoms. The molecule has 134 valence electrons. The van der Waals surface area contributed by atoms with Crippen LogP contribution >= 0.6 is 0 Å². The molecule has 5 nitrogen and oxygen atoms in total. The van der Waals surface area contributed by atoms with Crippen molar-refractivity contribution in [1.82, 2.24) is 9.97 Å². The van der Waals surface area contributed by atoms with Crippen molar-refractivity contribution in [2.75, 3.05) is 17.2 Å². The zero-order chi connectivity index (χ0) is 18.5. The van der Waals surface area contributed by atoms with Gasteiger partial charge in [0.1, 0.15) is 11.6 Å². The van der Waals surface area contributed by atoms with E-state index in [1.165, 1.54) is 5.56 Å². The zero-order valence-corrected chi connectivity index (χ0v) is 14.8. The number of phenols is 1. The van der Waals surface area contributed by atoms with Crippen LogP contribution in [0.2, 0.25) is 0 Å². The quantitative estimate of drug-likeness (QED) is 0.466. The molecule has 0 atom stereocenters. The topological polar surface area (TPSA) is 70.1 Å². The Balaban J connectivity index is 1.58. The van der Waals surface area contributed by atoms with Crippen LogP contribution in [0.3, 0.4) is 0 Å². The van der Waals surface area contributed by atoms with E-state index >= 15 is 0 Å². The van der Waals surface area contributed by atoms with Crippen LogP contribution in [-0.4, -0.2) is 21.6 Å². The van der Waals surface area contributed by atoms with Gasteiger partial charge in [-0.15, -0.1) is 0 Å². The molecule has 1 heterocycles. The van der Waals surface area contributed by atoms with Crippen LogP contribution < -0.4 is 10.6 Å². The van der Waals surface area contributed by atoms with Crippen molar-refractivity contribution in [2.24, 2.45) is 0 Å². The van der Waals surface area contributed by atoms with Crippen molar-refractivity contribution in [2.45, 2.75) is 6.42 Å². The number of para-hydroxylation sites is 1. The van der Waals surface area contributed by atoms with E-state index in [4.69, 9.17) is 0 Å². The van der Waals surface area contributed by atoms with Crippen molar-refractivity contribution >= 4 is 28.4 Å². The molecule has 0 radical (unpaired) electrons. The number of fused-ring (bicyclic) bond motifs is 1. The van der Waals surface area contributed by atoms with E-state index in [0.717, 1.165) is 35.4 Å². The lowest BCUT2D eigenvalue weighted by atomic mass is 10.1. The third kappa shape index (κ3) is 4.15. The van der Waals surface area contributed by atoms with Gasteiger partial charge in [-0.2, -0.15) is 4.98 Å². The van der Waals surface area contributed by atoms with Crippen LogP contribution in [0, 0.1) is 0 Å². The largest absolute Gasteiger partial charge is 0.508 e. The number of aromatic hydroxyl groups is 1. The van der Waals surface area contributed by atoms with Gasteiger partial charge in [-0.25, -0.2) is 4.98 Å². The molecule has 0 unspecified atom stereocenters. The highest BCUT2D eigenvalue weighted by Gasteiger charge is 2.08. The summed E-state index contributed by atoms with van der Waals surface area (Å²) in [5.74, 6) is 1.47. The van der Waals surface area contributed by atoms with Gasteiger partial charge in [0.15, 0.2) is 0 Å². The van der Waals surface area contributed by atoms with Crippen molar-refractivity contribution < 1.29 is 5.11 Å². The number of benzene rings is 3. The van der Waals surface area contributed by atoms with Crippen molar-refractivity contribution in [3.63, 3.8) is 0 Å². The Morgan fingerprint density at radius 1 is 0.815 bits per heavy atom. The summed E-state index contributed by atoms with van der Waals surface area (Å²) < 4.78 is 0. The van der Waals surface area contributed by atoms with Gasteiger partial charge < -0.3 is 15.7 Å². The second-order valence-electron chi connectivity index (χ2n) is 6.25. The predicted octanol–water partition coefficient (Wildman–Crippen LogP) is 4.73.